The maximum absolute atomic E-state index is 6.16. The Bertz CT molecular complexity index is 702. The van der Waals surface area contributed by atoms with Gasteiger partial charge >= 0.3 is 0 Å². The largest absolute Gasteiger partial charge is 0.439 e. The predicted molar refractivity (Wildman–Crippen MR) is 91.9 cm³/mol. The molecule has 0 N–H and O–H groups in total. The van der Waals surface area contributed by atoms with Crippen molar-refractivity contribution in [3.05, 3.63) is 66.6 Å². The van der Waals surface area contributed by atoms with Gasteiger partial charge in [0.15, 0.2) is 5.76 Å². The fourth-order valence-electron chi connectivity index (χ4n) is 3.14. The highest BCUT2D eigenvalue weighted by Gasteiger charge is 2.19. The van der Waals surface area contributed by atoms with Crippen LogP contribution in [-0.4, -0.2) is 23.0 Å². The minimum Gasteiger partial charge on any atom is -0.439 e. The summed E-state index contributed by atoms with van der Waals surface area (Å²) in [6.07, 6.45) is 2.55. The van der Waals surface area contributed by atoms with Crippen LogP contribution in [0.5, 0.6) is 0 Å². The zero-order chi connectivity index (χ0) is 15.5. The lowest BCUT2D eigenvalue weighted by atomic mass is 10.1. The van der Waals surface area contributed by atoms with E-state index in [0.717, 1.165) is 48.1 Å². The second-order valence-corrected chi connectivity index (χ2v) is 6.00. The molecule has 116 valence electrons. The van der Waals surface area contributed by atoms with Crippen molar-refractivity contribution in [2.45, 2.75) is 19.4 Å². The summed E-state index contributed by atoms with van der Waals surface area (Å²) in [6, 6.07) is 20.5. The predicted octanol–water partition coefficient (Wildman–Crippen LogP) is 4.60. The normalized spacial score (nSPS) is 15.1. The van der Waals surface area contributed by atoms with Crippen molar-refractivity contribution in [3.8, 4) is 22.6 Å². The third-order valence-electron chi connectivity index (χ3n) is 4.31. The molecule has 1 aromatic heterocycles. The van der Waals surface area contributed by atoms with Gasteiger partial charge in [0.2, 0.25) is 5.89 Å². The molecule has 23 heavy (non-hydrogen) atoms. The Labute approximate surface area is 136 Å². The summed E-state index contributed by atoms with van der Waals surface area (Å²) in [4.78, 5) is 7.22. The van der Waals surface area contributed by atoms with E-state index in [1.807, 2.05) is 36.4 Å². The van der Waals surface area contributed by atoms with E-state index in [4.69, 9.17) is 9.40 Å². The lowest BCUT2D eigenvalue weighted by Gasteiger charge is -2.10. The van der Waals surface area contributed by atoms with Crippen molar-refractivity contribution in [2.75, 3.05) is 13.1 Å². The fourth-order valence-corrected chi connectivity index (χ4v) is 3.14. The van der Waals surface area contributed by atoms with Gasteiger partial charge in [-0.1, -0.05) is 60.7 Å². The highest BCUT2D eigenvalue weighted by molar-refractivity contribution is 5.76. The second kappa shape index (κ2) is 6.39. The molecule has 2 aromatic carbocycles. The molecule has 0 atom stereocenters. The minimum atomic E-state index is 0.798. The Morgan fingerprint density at radius 3 is 2.09 bits per heavy atom. The third kappa shape index (κ3) is 3.06. The molecule has 3 heteroatoms. The molecule has 3 aromatic rings. The van der Waals surface area contributed by atoms with Crippen molar-refractivity contribution in [1.29, 1.82) is 0 Å². The van der Waals surface area contributed by atoms with E-state index in [-0.39, 0.29) is 0 Å². The zero-order valence-electron chi connectivity index (χ0n) is 13.1. The van der Waals surface area contributed by atoms with Gasteiger partial charge in [0.1, 0.15) is 5.69 Å². The van der Waals surface area contributed by atoms with E-state index in [1.165, 1.54) is 12.8 Å². The van der Waals surface area contributed by atoms with Gasteiger partial charge in [-0.15, -0.1) is 0 Å². The number of hydrogen-bond acceptors (Lipinski definition) is 3. The molecule has 0 aliphatic carbocycles. The van der Waals surface area contributed by atoms with E-state index >= 15 is 0 Å². The molecular weight excluding hydrogens is 284 g/mol. The van der Waals surface area contributed by atoms with Gasteiger partial charge in [-0.3, -0.25) is 4.90 Å². The first-order valence-electron chi connectivity index (χ1n) is 8.23. The van der Waals surface area contributed by atoms with Crippen LogP contribution in [0.4, 0.5) is 0 Å². The molecule has 0 saturated carbocycles. The fraction of sp³-hybridized carbons (Fsp3) is 0.250. The van der Waals surface area contributed by atoms with Gasteiger partial charge in [0, 0.05) is 11.1 Å². The molecule has 1 fully saturated rings. The molecule has 0 unspecified atom stereocenters. The van der Waals surface area contributed by atoms with Crippen LogP contribution in [0.25, 0.3) is 22.6 Å². The number of benzene rings is 2. The van der Waals surface area contributed by atoms with Crippen LogP contribution in [0.1, 0.15) is 18.7 Å². The quantitative estimate of drug-likeness (QED) is 0.705. The standard InChI is InChI=1S/C20H20N2O/c1-3-9-16(10-4-1)19-20(17-11-5-2-6-12-17)23-18(21-19)15-22-13-7-8-14-22/h1-6,9-12H,7-8,13-15H2. The van der Waals surface area contributed by atoms with E-state index in [9.17, 15) is 0 Å². The van der Waals surface area contributed by atoms with Crippen LogP contribution in [0.15, 0.2) is 65.1 Å². The van der Waals surface area contributed by atoms with Gasteiger partial charge in [-0.2, -0.15) is 0 Å². The Hall–Kier alpha value is -2.39. The molecule has 2 heterocycles. The molecule has 0 radical (unpaired) electrons. The van der Waals surface area contributed by atoms with Gasteiger partial charge < -0.3 is 4.42 Å². The second-order valence-electron chi connectivity index (χ2n) is 6.00. The number of oxazole rings is 1. The molecule has 0 amide bonds. The first-order valence-corrected chi connectivity index (χ1v) is 8.23. The van der Waals surface area contributed by atoms with E-state index < -0.39 is 0 Å². The number of hydrogen-bond donors (Lipinski definition) is 0. The summed E-state index contributed by atoms with van der Waals surface area (Å²) in [5.41, 5.74) is 3.11. The summed E-state index contributed by atoms with van der Waals surface area (Å²) in [5.74, 6) is 1.68. The lowest BCUT2D eigenvalue weighted by molar-refractivity contribution is 0.292. The van der Waals surface area contributed by atoms with E-state index in [0.29, 0.717) is 0 Å². The highest BCUT2D eigenvalue weighted by atomic mass is 16.4. The average Bonchev–Trinajstić information content (AvgIpc) is 3.27. The number of nitrogens with zero attached hydrogens (tertiary/aromatic N) is 2. The Balaban J connectivity index is 1.74. The number of likely N-dealkylation sites (tertiary alicyclic amines) is 1. The molecule has 1 saturated heterocycles. The third-order valence-corrected chi connectivity index (χ3v) is 4.31. The maximum atomic E-state index is 6.16. The molecule has 0 bridgehead atoms. The van der Waals surface area contributed by atoms with Gasteiger partial charge in [-0.25, -0.2) is 4.98 Å². The minimum absolute atomic E-state index is 0.798. The average molecular weight is 304 g/mol. The monoisotopic (exact) mass is 304 g/mol. The highest BCUT2D eigenvalue weighted by Crippen LogP contribution is 2.33. The summed E-state index contributed by atoms with van der Waals surface area (Å²) in [5, 5.41) is 0. The van der Waals surface area contributed by atoms with Crippen molar-refractivity contribution < 1.29 is 4.42 Å². The van der Waals surface area contributed by atoms with Crippen molar-refractivity contribution in [3.63, 3.8) is 0 Å². The molecule has 0 spiro atoms. The lowest BCUT2D eigenvalue weighted by Crippen LogP contribution is -2.18. The van der Waals surface area contributed by atoms with Crippen LogP contribution in [0.3, 0.4) is 0 Å². The van der Waals surface area contributed by atoms with Crippen molar-refractivity contribution >= 4 is 0 Å². The number of rotatable bonds is 4. The van der Waals surface area contributed by atoms with Crippen molar-refractivity contribution in [1.82, 2.24) is 9.88 Å². The molecule has 1 aliphatic heterocycles. The first-order chi connectivity index (χ1) is 11.4. The molecule has 4 rings (SSSR count). The van der Waals surface area contributed by atoms with Crippen LogP contribution in [0, 0.1) is 0 Å². The zero-order valence-corrected chi connectivity index (χ0v) is 13.1. The van der Waals surface area contributed by atoms with Crippen LogP contribution < -0.4 is 0 Å². The Morgan fingerprint density at radius 1 is 0.826 bits per heavy atom. The summed E-state index contributed by atoms with van der Waals surface area (Å²) in [6.45, 7) is 3.08. The summed E-state index contributed by atoms with van der Waals surface area (Å²) in [7, 11) is 0. The van der Waals surface area contributed by atoms with Crippen LogP contribution in [-0.2, 0) is 6.54 Å². The van der Waals surface area contributed by atoms with Crippen molar-refractivity contribution in [2.24, 2.45) is 0 Å². The Kier molecular flexibility index (Phi) is 3.95. The van der Waals surface area contributed by atoms with Crippen LogP contribution >= 0.6 is 0 Å². The van der Waals surface area contributed by atoms with E-state index in [2.05, 4.69) is 29.2 Å². The summed E-state index contributed by atoms with van der Waals surface area (Å²) >= 11 is 0. The van der Waals surface area contributed by atoms with Crippen LogP contribution in [0.2, 0.25) is 0 Å². The van der Waals surface area contributed by atoms with Gasteiger partial charge in [0.05, 0.1) is 6.54 Å². The SMILES string of the molecule is c1ccc(-c2nc(CN3CCCC3)oc2-c2ccccc2)cc1. The van der Waals surface area contributed by atoms with Gasteiger partial charge in [0.25, 0.3) is 0 Å². The first kappa shape index (κ1) is 14.2. The summed E-state index contributed by atoms with van der Waals surface area (Å²) < 4.78 is 6.16. The van der Waals surface area contributed by atoms with E-state index in [1.54, 1.807) is 0 Å². The smallest absolute Gasteiger partial charge is 0.209 e. The maximum Gasteiger partial charge on any atom is 0.209 e. The van der Waals surface area contributed by atoms with Gasteiger partial charge in [-0.05, 0) is 25.9 Å². The molecular formula is C20H20N2O. The molecule has 1 aliphatic rings. The Morgan fingerprint density at radius 2 is 1.43 bits per heavy atom. The molecule has 3 nitrogen and oxygen atoms in total. The topological polar surface area (TPSA) is 29.3 Å². The number of aromatic nitrogens is 1.